The molecule has 0 saturated heterocycles. The van der Waals surface area contributed by atoms with E-state index in [-0.39, 0.29) is 17.4 Å². The highest BCUT2D eigenvalue weighted by molar-refractivity contribution is 5.75. The number of hydrogen-bond donors (Lipinski definition) is 1. The number of fused-ring (bicyclic) bond motifs is 3. The third-order valence-electron chi connectivity index (χ3n) is 7.36. The third kappa shape index (κ3) is 2.47. The first kappa shape index (κ1) is 17.7. The SMILES string of the molecule is CO[C@H]1C[C@H]2C(=CC[C@@H]3[C@]2(C)CCC[C@@]3(C)C(=O)O)C=C1C(C)C. The fourth-order valence-electron chi connectivity index (χ4n) is 5.86. The number of allylic oxidation sites excluding steroid dienone is 3. The second-order valence-corrected chi connectivity index (χ2v) is 8.89. The van der Waals surface area contributed by atoms with Crippen molar-refractivity contribution >= 4 is 5.97 Å². The third-order valence-corrected chi connectivity index (χ3v) is 7.36. The van der Waals surface area contributed by atoms with Crippen LogP contribution in [0.15, 0.2) is 23.3 Å². The molecule has 0 unspecified atom stereocenters. The van der Waals surface area contributed by atoms with Crippen LogP contribution in [-0.4, -0.2) is 24.3 Å². The van der Waals surface area contributed by atoms with Crippen molar-refractivity contribution in [1.82, 2.24) is 0 Å². The Bertz CT molecular complexity index is 588. The van der Waals surface area contributed by atoms with Gasteiger partial charge in [-0.25, -0.2) is 0 Å². The zero-order valence-electron chi connectivity index (χ0n) is 15.8. The Balaban J connectivity index is 2.04. The number of carboxylic acid groups (broad SMARTS) is 1. The molecule has 0 spiro atoms. The van der Waals surface area contributed by atoms with E-state index in [4.69, 9.17) is 4.74 Å². The summed E-state index contributed by atoms with van der Waals surface area (Å²) in [5.74, 6) is 0.505. The van der Waals surface area contributed by atoms with Gasteiger partial charge in [0, 0.05) is 7.11 Å². The lowest BCUT2D eigenvalue weighted by atomic mass is 9.46. The first-order valence-corrected chi connectivity index (χ1v) is 9.41. The van der Waals surface area contributed by atoms with Crippen molar-refractivity contribution in [2.45, 2.75) is 65.9 Å². The van der Waals surface area contributed by atoms with E-state index in [0.29, 0.717) is 11.8 Å². The fraction of sp³-hybridized carbons (Fsp3) is 0.762. The number of carboxylic acids is 1. The Morgan fingerprint density at radius 2 is 2.04 bits per heavy atom. The summed E-state index contributed by atoms with van der Waals surface area (Å²) < 4.78 is 5.83. The smallest absolute Gasteiger partial charge is 0.309 e. The highest BCUT2D eigenvalue weighted by Crippen LogP contribution is 2.62. The minimum Gasteiger partial charge on any atom is -0.481 e. The van der Waals surface area contributed by atoms with E-state index in [2.05, 4.69) is 32.9 Å². The molecule has 1 fully saturated rings. The molecule has 0 aromatic rings. The molecule has 3 aliphatic rings. The second-order valence-electron chi connectivity index (χ2n) is 8.89. The topological polar surface area (TPSA) is 46.5 Å². The van der Waals surface area contributed by atoms with Crippen LogP contribution in [0.5, 0.6) is 0 Å². The molecule has 0 bridgehead atoms. The van der Waals surface area contributed by atoms with Crippen LogP contribution in [0.2, 0.25) is 0 Å². The lowest BCUT2D eigenvalue weighted by Crippen LogP contribution is -2.53. The summed E-state index contributed by atoms with van der Waals surface area (Å²) in [4.78, 5) is 12.0. The highest BCUT2D eigenvalue weighted by Gasteiger charge is 2.57. The first-order chi connectivity index (χ1) is 11.2. The Labute approximate surface area is 146 Å². The molecular formula is C21H32O3. The Kier molecular flexibility index (Phi) is 4.44. The minimum atomic E-state index is -0.618. The lowest BCUT2D eigenvalue weighted by Gasteiger charge is -2.57. The predicted molar refractivity (Wildman–Crippen MR) is 95.7 cm³/mol. The van der Waals surface area contributed by atoms with E-state index in [9.17, 15) is 9.90 Å². The second kappa shape index (κ2) is 6.01. The average molecular weight is 332 g/mol. The Hall–Kier alpha value is -1.09. The highest BCUT2D eigenvalue weighted by atomic mass is 16.5. The largest absolute Gasteiger partial charge is 0.481 e. The van der Waals surface area contributed by atoms with Crippen molar-refractivity contribution in [1.29, 1.82) is 0 Å². The lowest BCUT2D eigenvalue weighted by molar-refractivity contribution is -0.163. The number of hydrogen-bond acceptors (Lipinski definition) is 2. The van der Waals surface area contributed by atoms with Gasteiger partial charge in [0.15, 0.2) is 0 Å². The molecule has 24 heavy (non-hydrogen) atoms. The number of rotatable bonds is 3. The molecule has 0 heterocycles. The number of methoxy groups -OCH3 is 1. The van der Waals surface area contributed by atoms with Gasteiger partial charge in [0.25, 0.3) is 0 Å². The van der Waals surface area contributed by atoms with Crippen LogP contribution in [0.1, 0.15) is 59.8 Å². The van der Waals surface area contributed by atoms with Crippen LogP contribution in [0.3, 0.4) is 0 Å². The fourth-order valence-corrected chi connectivity index (χ4v) is 5.86. The van der Waals surface area contributed by atoms with Crippen molar-refractivity contribution in [3.05, 3.63) is 23.3 Å². The zero-order chi connectivity index (χ0) is 17.7. The number of carbonyl (C=O) groups is 1. The average Bonchev–Trinajstić information content (AvgIpc) is 2.53. The zero-order valence-corrected chi connectivity index (χ0v) is 15.8. The van der Waals surface area contributed by atoms with E-state index in [1.165, 1.54) is 11.1 Å². The van der Waals surface area contributed by atoms with Gasteiger partial charge in [0.2, 0.25) is 0 Å². The van der Waals surface area contributed by atoms with Crippen molar-refractivity contribution in [3.8, 4) is 0 Å². The van der Waals surface area contributed by atoms with Crippen molar-refractivity contribution < 1.29 is 14.6 Å². The van der Waals surface area contributed by atoms with Crippen LogP contribution >= 0.6 is 0 Å². The molecule has 0 amide bonds. The summed E-state index contributed by atoms with van der Waals surface area (Å²) in [6, 6.07) is 0. The summed E-state index contributed by atoms with van der Waals surface area (Å²) in [7, 11) is 1.81. The van der Waals surface area contributed by atoms with E-state index < -0.39 is 11.4 Å². The monoisotopic (exact) mass is 332 g/mol. The van der Waals surface area contributed by atoms with E-state index in [1.54, 1.807) is 7.11 Å². The predicted octanol–water partition coefficient (Wildman–Crippen LogP) is 4.83. The molecular weight excluding hydrogens is 300 g/mol. The van der Waals surface area contributed by atoms with Crippen LogP contribution in [0.4, 0.5) is 0 Å². The molecule has 0 aromatic carbocycles. The van der Waals surface area contributed by atoms with Gasteiger partial charge in [-0.1, -0.05) is 39.3 Å². The minimum absolute atomic E-state index is 0.0608. The normalized spacial score (nSPS) is 42.0. The van der Waals surface area contributed by atoms with Gasteiger partial charge >= 0.3 is 5.97 Å². The standard InChI is InChI=1S/C21H32O3/c1-13(2)15-11-14-7-8-18-20(3,16(14)12-17(15)24-5)9-6-10-21(18,4)19(22)23/h7,11,13,16-18H,6,8-10,12H2,1-5H3,(H,22,23)/t16-,17-,18+,20+,21+/m0/s1. The molecule has 3 nitrogen and oxygen atoms in total. The Morgan fingerprint density at radius 3 is 2.62 bits per heavy atom. The molecule has 3 heteroatoms. The Morgan fingerprint density at radius 1 is 1.33 bits per heavy atom. The summed E-state index contributed by atoms with van der Waals surface area (Å²) >= 11 is 0. The van der Waals surface area contributed by atoms with Gasteiger partial charge < -0.3 is 9.84 Å². The summed E-state index contributed by atoms with van der Waals surface area (Å²) in [5, 5.41) is 9.90. The number of aliphatic carboxylic acids is 1. The molecule has 5 atom stereocenters. The molecule has 0 aromatic heterocycles. The van der Waals surface area contributed by atoms with E-state index >= 15 is 0 Å². The van der Waals surface area contributed by atoms with Gasteiger partial charge in [-0.3, -0.25) is 4.79 Å². The molecule has 3 aliphatic carbocycles. The van der Waals surface area contributed by atoms with Crippen LogP contribution in [-0.2, 0) is 9.53 Å². The number of ether oxygens (including phenoxy) is 1. The van der Waals surface area contributed by atoms with Crippen molar-refractivity contribution in [3.63, 3.8) is 0 Å². The molecule has 0 aliphatic heterocycles. The van der Waals surface area contributed by atoms with Crippen LogP contribution < -0.4 is 0 Å². The quantitative estimate of drug-likeness (QED) is 0.805. The van der Waals surface area contributed by atoms with Crippen molar-refractivity contribution in [2.75, 3.05) is 7.11 Å². The van der Waals surface area contributed by atoms with Gasteiger partial charge in [-0.15, -0.1) is 0 Å². The van der Waals surface area contributed by atoms with Crippen LogP contribution in [0.25, 0.3) is 0 Å². The van der Waals surface area contributed by atoms with Gasteiger partial charge in [0.1, 0.15) is 0 Å². The van der Waals surface area contributed by atoms with E-state index in [1.807, 2.05) is 6.92 Å². The maximum absolute atomic E-state index is 12.0. The molecule has 0 radical (unpaired) electrons. The summed E-state index contributed by atoms with van der Waals surface area (Å²) in [5.41, 5.74) is 2.28. The maximum atomic E-state index is 12.0. The first-order valence-electron chi connectivity index (χ1n) is 9.41. The summed E-state index contributed by atoms with van der Waals surface area (Å²) in [6.45, 7) is 8.78. The van der Waals surface area contributed by atoms with Crippen molar-refractivity contribution in [2.24, 2.45) is 28.6 Å². The molecule has 134 valence electrons. The molecule has 1 saturated carbocycles. The van der Waals surface area contributed by atoms with E-state index in [0.717, 1.165) is 32.1 Å². The van der Waals surface area contributed by atoms with Gasteiger partial charge in [0.05, 0.1) is 11.5 Å². The molecule has 1 N–H and O–H groups in total. The van der Waals surface area contributed by atoms with Gasteiger partial charge in [-0.05, 0) is 66.9 Å². The van der Waals surface area contributed by atoms with Gasteiger partial charge in [-0.2, -0.15) is 0 Å². The molecule has 3 rings (SSSR count). The van der Waals surface area contributed by atoms with Crippen LogP contribution in [0, 0.1) is 28.6 Å². The summed E-state index contributed by atoms with van der Waals surface area (Å²) in [6.07, 6.45) is 9.69. The maximum Gasteiger partial charge on any atom is 0.309 e.